The smallest absolute Gasteiger partial charge is 0.0772 e. The number of ether oxygens (including phenoxy) is 1. The SMILES string of the molecule is CCC(C)N(CCOC)Cc1ncccc1N. The molecule has 0 spiro atoms. The average molecular weight is 237 g/mol. The monoisotopic (exact) mass is 237 g/mol. The highest BCUT2D eigenvalue weighted by molar-refractivity contribution is 5.41. The van der Waals surface area contributed by atoms with Crippen LogP contribution in [-0.2, 0) is 11.3 Å². The highest BCUT2D eigenvalue weighted by Gasteiger charge is 2.14. The molecule has 0 aromatic carbocycles. The minimum absolute atomic E-state index is 0.506. The van der Waals surface area contributed by atoms with Gasteiger partial charge in [-0.1, -0.05) is 6.92 Å². The Labute approximate surface area is 104 Å². The number of methoxy groups -OCH3 is 1. The van der Waals surface area contributed by atoms with Gasteiger partial charge in [-0.3, -0.25) is 9.88 Å². The number of pyridine rings is 1. The van der Waals surface area contributed by atoms with Crippen LogP contribution in [0.2, 0.25) is 0 Å². The maximum Gasteiger partial charge on any atom is 0.0772 e. The zero-order valence-corrected chi connectivity index (χ0v) is 11.0. The molecule has 0 radical (unpaired) electrons. The number of hydrogen-bond donors (Lipinski definition) is 1. The summed E-state index contributed by atoms with van der Waals surface area (Å²) < 4.78 is 5.14. The number of rotatable bonds is 7. The third-order valence-electron chi connectivity index (χ3n) is 3.08. The lowest BCUT2D eigenvalue weighted by Gasteiger charge is -2.28. The van der Waals surface area contributed by atoms with Gasteiger partial charge in [0.2, 0.25) is 0 Å². The zero-order chi connectivity index (χ0) is 12.7. The summed E-state index contributed by atoms with van der Waals surface area (Å²) in [5.41, 5.74) is 7.63. The van der Waals surface area contributed by atoms with Gasteiger partial charge in [-0.15, -0.1) is 0 Å². The number of nitrogen functional groups attached to an aromatic ring is 1. The van der Waals surface area contributed by atoms with E-state index < -0.39 is 0 Å². The summed E-state index contributed by atoms with van der Waals surface area (Å²) in [6, 6.07) is 4.27. The van der Waals surface area contributed by atoms with E-state index in [1.807, 2.05) is 12.1 Å². The van der Waals surface area contributed by atoms with Crippen LogP contribution in [0.25, 0.3) is 0 Å². The molecule has 0 fully saturated rings. The summed E-state index contributed by atoms with van der Waals surface area (Å²) in [7, 11) is 1.73. The van der Waals surface area contributed by atoms with Crippen LogP contribution >= 0.6 is 0 Å². The molecule has 0 aliphatic carbocycles. The van der Waals surface area contributed by atoms with Gasteiger partial charge in [0.05, 0.1) is 18.0 Å². The Morgan fingerprint density at radius 1 is 1.53 bits per heavy atom. The van der Waals surface area contributed by atoms with Crippen molar-refractivity contribution < 1.29 is 4.74 Å². The first kappa shape index (κ1) is 13.9. The van der Waals surface area contributed by atoms with Crippen LogP contribution in [-0.4, -0.2) is 36.2 Å². The fourth-order valence-electron chi connectivity index (χ4n) is 1.70. The van der Waals surface area contributed by atoms with E-state index in [1.165, 1.54) is 0 Å². The number of anilines is 1. The first-order valence-corrected chi connectivity index (χ1v) is 6.11. The van der Waals surface area contributed by atoms with Crippen LogP contribution in [0.15, 0.2) is 18.3 Å². The molecule has 17 heavy (non-hydrogen) atoms. The van der Waals surface area contributed by atoms with Gasteiger partial charge in [0.25, 0.3) is 0 Å². The normalized spacial score (nSPS) is 12.9. The molecular formula is C13H23N3O. The molecule has 1 aromatic rings. The third kappa shape index (κ3) is 4.32. The van der Waals surface area contributed by atoms with Crippen molar-refractivity contribution in [1.29, 1.82) is 0 Å². The summed E-state index contributed by atoms with van der Waals surface area (Å²) in [5, 5.41) is 0. The van der Waals surface area contributed by atoms with Gasteiger partial charge in [-0.05, 0) is 25.5 Å². The molecule has 1 rings (SSSR count). The maximum absolute atomic E-state index is 5.92. The largest absolute Gasteiger partial charge is 0.397 e. The van der Waals surface area contributed by atoms with E-state index in [2.05, 4.69) is 23.7 Å². The van der Waals surface area contributed by atoms with E-state index >= 15 is 0 Å². The molecule has 1 unspecified atom stereocenters. The minimum Gasteiger partial charge on any atom is -0.397 e. The van der Waals surface area contributed by atoms with Crippen molar-refractivity contribution >= 4 is 5.69 Å². The Bertz CT molecular complexity index is 330. The second kappa shape index (κ2) is 7.25. The lowest BCUT2D eigenvalue weighted by molar-refractivity contribution is 0.117. The van der Waals surface area contributed by atoms with Crippen LogP contribution in [0.3, 0.4) is 0 Å². The molecule has 1 aromatic heterocycles. The van der Waals surface area contributed by atoms with E-state index in [0.717, 1.165) is 37.5 Å². The lowest BCUT2D eigenvalue weighted by Crippen LogP contribution is -2.35. The lowest BCUT2D eigenvalue weighted by atomic mass is 10.2. The summed E-state index contributed by atoms with van der Waals surface area (Å²) in [6.07, 6.45) is 2.90. The fraction of sp³-hybridized carbons (Fsp3) is 0.615. The Balaban J connectivity index is 2.68. The molecule has 0 amide bonds. The molecule has 4 heteroatoms. The average Bonchev–Trinajstić information content (AvgIpc) is 2.35. The molecular weight excluding hydrogens is 214 g/mol. The molecule has 0 aliphatic heterocycles. The predicted molar refractivity (Wildman–Crippen MR) is 70.7 cm³/mol. The van der Waals surface area contributed by atoms with Crippen molar-refractivity contribution in [3.05, 3.63) is 24.0 Å². The van der Waals surface area contributed by atoms with Gasteiger partial charge in [-0.2, -0.15) is 0 Å². The molecule has 96 valence electrons. The second-order valence-electron chi connectivity index (χ2n) is 4.26. The fourth-order valence-corrected chi connectivity index (χ4v) is 1.70. The molecule has 2 N–H and O–H groups in total. The van der Waals surface area contributed by atoms with E-state index in [4.69, 9.17) is 10.5 Å². The van der Waals surface area contributed by atoms with E-state index in [9.17, 15) is 0 Å². The molecule has 4 nitrogen and oxygen atoms in total. The van der Waals surface area contributed by atoms with Crippen LogP contribution < -0.4 is 5.73 Å². The van der Waals surface area contributed by atoms with Crippen molar-refractivity contribution in [1.82, 2.24) is 9.88 Å². The number of aromatic nitrogens is 1. The molecule has 0 bridgehead atoms. The van der Waals surface area contributed by atoms with E-state index in [-0.39, 0.29) is 0 Å². The van der Waals surface area contributed by atoms with E-state index in [0.29, 0.717) is 6.04 Å². The van der Waals surface area contributed by atoms with Crippen LogP contribution in [0.1, 0.15) is 26.0 Å². The van der Waals surface area contributed by atoms with Crippen molar-refractivity contribution in [3.8, 4) is 0 Å². The van der Waals surface area contributed by atoms with Crippen molar-refractivity contribution in [3.63, 3.8) is 0 Å². The molecule has 1 heterocycles. The molecule has 0 aliphatic rings. The van der Waals surface area contributed by atoms with Crippen LogP contribution in [0, 0.1) is 0 Å². The number of nitrogens with two attached hydrogens (primary N) is 1. The summed E-state index contributed by atoms with van der Waals surface area (Å²) >= 11 is 0. The first-order chi connectivity index (χ1) is 8.19. The summed E-state index contributed by atoms with van der Waals surface area (Å²) in [4.78, 5) is 6.68. The van der Waals surface area contributed by atoms with Gasteiger partial charge < -0.3 is 10.5 Å². The van der Waals surface area contributed by atoms with Gasteiger partial charge in [0, 0.05) is 32.4 Å². The predicted octanol–water partition coefficient (Wildman–Crippen LogP) is 1.91. The quantitative estimate of drug-likeness (QED) is 0.787. The third-order valence-corrected chi connectivity index (χ3v) is 3.08. The molecule has 0 saturated carbocycles. The Hall–Kier alpha value is -1.13. The van der Waals surface area contributed by atoms with Gasteiger partial charge in [0.1, 0.15) is 0 Å². The molecule has 1 atom stereocenters. The highest BCUT2D eigenvalue weighted by atomic mass is 16.5. The topological polar surface area (TPSA) is 51.4 Å². The van der Waals surface area contributed by atoms with Gasteiger partial charge in [-0.25, -0.2) is 0 Å². The molecule has 0 saturated heterocycles. The second-order valence-corrected chi connectivity index (χ2v) is 4.26. The Kier molecular flexibility index (Phi) is 5.94. The van der Waals surface area contributed by atoms with Crippen molar-refractivity contribution in [2.75, 3.05) is 26.0 Å². The van der Waals surface area contributed by atoms with Crippen LogP contribution in [0.5, 0.6) is 0 Å². The first-order valence-electron chi connectivity index (χ1n) is 6.11. The number of hydrogen-bond acceptors (Lipinski definition) is 4. The van der Waals surface area contributed by atoms with Crippen LogP contribution in [0.4, 0.5) is 5.69 Å². The van der Waals surface area contributed by atoms with E-state index in [1.54, 1.807) is 13.3 Å². The number of nitrogens with zero attached hydrogens (tertiary/aromatic N) is 2. The maximum atomic E-state index is 5.92. The minimum atomic E-state index is 0.506. The van der Waals surface area contributed by atoms with Gasteiger partial charge >= 0.3 is 0 Å². The Morgan fingerprint density at radius 2 is 2.29 bits per heavy atom. The summed E-state index contributed by atoms with van der Waals surface area (Å²) in [5.74, 6) is 0. The Morgan fingerprint density at radius 3 is 2.88 bits per heavy atom. The van der Waals surface area contributed by atoms with Crippen molar-refractivity contribution in [2.45, 2.75) is 32.9 Å². The van der Waals surface area contributed by atoms with Gasteiger partial charge in [0.15, 0.2) is 0 Å². The zero-order valence-electron chi connectivity index (χ0n) is 11.0. The highest BCUT2D eigenvalue weighted by Crippen LogP contribution is 2.13. The van der Waals surface area contributed by atoms with Crippen molar-refractivity contribution in [2.24, 2.45) is 0 Å². The summed E-state index contributed by atoms with van der Waals surface area (Å²) in [6.45, 7) is 6.82. The standard InChI is InChI=1S/C13H23N3O/c1-4-11(2)16(8-9-17-3)10-13-12(14)6-5-7-15-13/h5-7,11H,4,8-10,14H2,1-3H3.